The van der Waals surface area contributed by atoms with Crippen LogP contribution in [0.2, 0.25) is 0 Å². The second-order valence-electron chi connectivity index (χ2n) is 3.42. The second-order valence-corrected chi connectivity index (χ2v) is 5.67. The number of nitrogens with zero attached hydrogens (tertiary/aromatic N) is 4. The molecule has 0 aliphatic heterocycles. The Hall–Kier alpha value is -1.32. The highest BCUT2D eigenvalue weighted by atomic mass is 32.2. The predicted octanol–water partition coefficient (Wildman–Crippen LogP) is 3.03. The molecule has 0 aliphatic carbocycles. The summed E-state index contributed by atoms with van der Waals surface area (Å²) in [5, 5.41) is 19.9. The van der Waals surface area contributed by atoms with Crippen molar-refractivity contribution in [3.05, 3.63) is 17.5 Å². The molecule has 2 rings (SSSR count). The first kappa shape index (κ1) is 12.1. The summed E-state index contributed by atoms with van der Waals surface area (Å²) in [4.78, 5) is 1.11. The van der Waals surface area contributed by atoms with Crippen molar-refractivity contribution >= 4 is 23.1 Å². The third kappa shape index (κ3) is 2.51. The smallest absolute Gasteiger partial charge is 0.192 e. The lowest BCUT2D eigenvalue weighted by atomic mass is 10.4. The fourth-order valence-corrected chi connectivity index (χ4v) is 2.95. The van der Waals surface area contributed by atoms with E-state index in [9.17, 15) is 0 Å². The quantitative estimate of drug-likeness (QED) is 0.796. The van der Waals surface area contributed by atoms with Crippen LogP contribution in [0.4, 0.5) is 0 Å². The molecule has 2 heterocycles. The molecule has 2 aromatic rings. The van der Waals surface area contributed by atoms with Crippen LogP contribution >= 0.6 is 23.1 Å². The molecular formula is C11H12N4S2. The number of hydrogen-bond acceptors (Lipinski definition) is 5. The maximum Gasteiger partial charge on any atom is 0.192 e. The zero-order valence-corrected chi connectivity index (χ0v) is 11.3. The number of nitriles is 1. The van der Waals surface area contributed by atoms with Gasteiger partial charge in [0.25, 0.3) is 0 Å². The molecule has 0 N–H and O–H groups in total. The Balaban J connectivity index is 2.34. The summed E-state index contributed by atoms with van der Waals surface area (Å²) >= 11 is 3.09. The maximum absolute atomic E-state index is 8.82. The van der Waals surface area contributed by atoms with Crippen LogP contribution in [0.1, 0.15) is 13.8 Å². The van der Waals surface area contributed by atoms with Crippen molar-refractivity contribution < 1.29 is 0 Å². The predicted molar refractivity (Wildman–Crippen MR) is 69.9 cm³/mol. The lowest BCUT2D eigenvalue weighted by Crippen LogP contribution is -2.01. The van der Waals surface area contributed by atoms with Crippen LogP contribution in [0.3, 0.4) is 0 Å². The summed E-state index contributed by atoms with van der Waals surface area (Å²) in [7, 11) is 0. The third-order valence-electron chi connectivity index (χ3n) is 2.24. The Labute approximate surface area is 108 Å². The summed E-state index contributed by atoms with van der Waals surface area (Å²) in [5.74, 6) is 0.884. The van der Waals surface area contributed by atoms with E-state index in [1.165, 1.54) is 11.8 Å². The highest BCUT2D eigenvalue weighted by Gasteiger charge is 2.15. The second kappa shape index (κ2) is 5.34. The van der Waals surface area contributed by atoms with Crippen molar-refractivity contribution in [3.63, 3.8) is 0 Å². The number of thioether (sulfide) groups is 1. The highest BCUT2D eigenvalue weighted by Crippen LogP contribution is 2.28. The van der Waals surface area contributed by atoms with Crippen LogP contribution in [0, 0.1) is 11.3 Å². The van der Waals surface area contributed by atoms with Crippen LogP contribution in [-0.4, -0.2) is 20.0 Å². The van der Waals surface area contributed by atoms with E-state index in [0.717, 1.165) is 22.4 Å². The molecule has 2 aromatic heterocycles. The van der Waals surface area contributed by atoms with Crippen molar-refractivity contribution in [1.82, 2.24) is 14.8 Å². The molecule has 0 spiro atoms. The molecule has 4 nitrogen and oxygen atoms in total. The summed E-state index contributed by atoms with van der Waals surface area (Å²) < 4.78 is 2.05. The molecule has 0 saturated carbocycles. The molecule has 6 heteroatoms. The lowest BCUT2D eigenvalue weighted by molar-refractivity contribution is 0.687. The van der Waals surface area contributed by atoms with Crippen LogP contribution in [-0.2, 0) is 6.54 Å². The summed E-state index contributed by atoms with van der Waals surface area (Å²) in [6, 6.07) is 6.22. The lowest BCUT2D eigenvalue weighted by Gasteiger charge is -2.06. The van der Waals surface area contributed by atoms with Crippen LogP contribution in [0.15, 0.2) is 22.7 Å². The van der Waals surface area contributed by atoms with E-state index in [4.69, 9.17) is 5.26 Å². The van der Waals surface area contributed by atoms with Crippen molar-refractivity contribution in [2.75, 3.05) is 0 Å². The van der Waals surface area contributed by atoms with E-state index in [2.05, 4.69) is 23.2 Å². The zero-order valence-electron chi connectivity index (χ0n) is 9.62. The van der Waals surface area contributed by atoms with Crippen LogP contribution in [0.5, 0.6) is 0 Å². The van der Waals surface area contributed by atoms with Crippen LogP contribution < -0.4 is 0 Å². The van der Waals surface area contributed by atoms with E-state index in [1.54, 1.807) is 11.3 Å². The first-order chi connectivity index (χ1) is 8.26. The van der Waals surface area contributed by atoms with Gasteiger partial charge >= 0.3 is 0 Å². The van der Waals surface area contributed by atoms with E-state index < -0.39 is 0 Å². The minimum atomic E-state index is -0.110. The van der Waals surface area contributed by atoms with Gasteiger partial charge in [-0.3, -0.25) is 0 Å². The Kier molecular flexibility index (Phi) is 3.82. The van der Waals surface area contributed by atoms with Gasteiger partial charge in [-0.05, 0) is 25.3 Å². The molecule has 1 atom stereocenters. The molecule has 0 aliphatic rings. The highest BCUT2D eigenvalue weighted by molar-refractivity contribution is 8.00. The van der Waals surface area contributed by atoms with Gasteiger partial charge in [0.2, 0.25) is 0 Å². The summed E-state index contributed by atoms with van der Waals surface area (Å²) in [6.45, 7) is 4.73. The van der Waals surface area contributed by atoms with Gasteiger partial charge in [-0.25, -0.2) is 0 Å². The standard InChI is InChI=1S/C11H12N4S2/c1-3-15-10(9-5-4-6-16-9)13-14-11(15)17-8(2)7-12/h4-6,8H,3H2,1-2H3. The van der Waals surface area contributed by atoms with Crippen LogP contribution in [0.25, 0.3) is 10.7 Å². The third-order valence-corrected chi connectivity index (χ3v) is 4.08. The molecule has 0 amide bonds. The SMILES string of the molecule is CCn1c(SC(C)C#N)nnc1-c1cccs1. The molecule has 0 fully saturated rings. The molecule has 88 valence electrons. The van der Waals surface area contributed by atoms with Gasteiger partial charge in [-0.2, -0.15) is 5.26 Å². The maximum atomic E-state index is 8.82. The van der Waals surface area contributed by atoms with Crippen molar-refractivity contribution in [2.45, 2.75) is 30.8 Å². The molecule has 17 heavy (non-hydrogen) atoms. The minimum Gasteiger partial charge on any atom is -0.302 e. The van der Waals surface area contributed by atoms with Crippen molar-refractivity contribution in [2.24, 2.45) is 0 Å². The van der Waals surface area contributed by atoms with Gasteiger partial charge in [0.05, 0.1) is 16.2 Å². The van der Waals surface area contributed by atoms with Gasteiger partial charge in [-0.15, -0.1) is 21.5 Å². The summed E-state index contributed by atoms with van der Waals surface area (Å²) in [6.07, 6.45) is 0. The Morgan fingerprint density at radius 1 is 1.59 bits per heavy atom. The average molecular weight is 264 g/mol. The fourth-order valence-electron chi connectivity index (χ4n) is 1.43. The normalized spacial score (nSPS) is 12.3. The molecular weight excluding hydrogens is 252 g/mol. The van der Waals surface area contributed by atoms with Gasteiger partial charge in [0.15, 0.2) is 11.0 Å². The van der Waals surface area contributed by atoms with Gasteiger partial charge < -0.3 is 4.57 Å². The van der Waals surface area contributed by atoms with Gasteiger partial charge in [0.1, 0.15) is 0 Å². The number of aromatic nitrogens is 3. The van der Waals surface area contributed by atoms with Gasteiger partial charge in [-0.1, -0.05) is 17.8 Å². The topological polar surface area (TPSA) is 54.5 Å². The van der Waals surface area contributed by atoms with E-state index in [-0.39, 0.29) is 5.25 Å². The zero-order chi connectivity index (χ0) is 12.3. The molecule has 1 unspecified atom stereocenters. The average Bonchev–Trinajstić information content (AvgIpc) is 2.96. The Morgan fingerprint density at radius 2 is 2.41 bits per heavy atom. The number of hydrogen-bond donors (Lipinski definition) is 0. The first-order valence-electron chi connectivity index (χ1n) is 5.29. The van der Waals surface area contributed by atoms with Crippen molar-refractivity contribution in [1.29, 1.82) is 5.26 Å². The Morgan fingerprint density at radius 3 is 3.00 bits per heavy atom. The molecule has 0 saturated heterocycles. The molecule has 0 bridgehead atoms. The fraction of sp³-hybridized carbons (Fsp3) is 0.364. The Bertz CT molecular complexity index is 524. The monoisotopic (exact) mass is 264 g/mol. The van der Waals surface area contributed by atoms with Gasteiger partial charge in [0, 0.05) is 6.54 Å². The van der Waals surface area contributed by atoms with E-state index >= 15 is 0 Å². The summed E-state index contributed by atoms with van der Waals surface area (Å²) in [5.41, 5.74) is 0. The number of rotatable bonds is 4. The molecule has 0 radical (unpaired) electrons. The van der Waals surface area contributed by atoms with Crippen molar-refractivity contribution in [3.8, 4) is 16.8 Å². The minimum absolute atomic E-state index is 0.110. The van der Waals surface area contributed by atoms with E-state index in [0.29, 0.717) is 0 Å². The largest absolute Gasteiger partial charge is 0.302 e. The number of thiophene rings is 1. The van der Waals surface area contributed by atoms with E-state index in [1.807, 2.05) is 29.0 Å². The molecule has 0 aromatic carbocycles. The first-order valence-corrected chi connectivity index (χ1v) is 7.05.